The zero-order valence-electron chi connectivity index (χ0n) is 15.7. The first kappa shape index (κ1) is 18.4. The van der Waals surface area contributed by atoms with Crippen molar-refractivity contribution in [3.8, 4) is 11.3 Å². The molecule has 0 aliphatic carbocycles. The van der Waals surface area contributed by atoms with Gasteiger partial charge in [0.2, 0.25) is 0 Å². The number of nitrogens with one attached hydrogen (secondary N) is 3. The Morgan fingerprint density at radius 3 is 2.80 bits per heavy atom. The molecule has 4 aromatic rings. The second-order valence-corrected chi connectivity index (χ2v) is 7.07. The zero-order valence-corrected chi connectivity index (χ0v) is 15.7. The highest BCUT2D eigenvalue weighted by atomic mass is 19.1. The Morgan fingerprint density at radius 2 is 2.03 bits per heavy atom. The lowest BCUT2D eigenvalue weighted by Crippen LogP contribution is -2.12. The normalized spacial score (nSPS) is 16.3. The number of hydrogen-bond acceptors (Lipinski definition) is 4. The van der Waals surface area contributed by atoms with E-state index in [-0.39, 0.29) is 22.9 Å². The molecule has 3 heterocycles. The molecule has 0 radical (unpaired) electrons. The minimum atomic E-state index is -0.783. The molecule has 0 saturated carbocycles. The average Bonchev–Trinajstić information content (AvgIpc) is 3.47. The summed E-state index contributed by atoms with van der Waals surface area (Å²) < 4.78 is 33.9. The number of fused-ring (bicyclic) bond motifs is 1. The van der Waals surface area contributed by atoms with Crippen molar-refractivity contribution < 1.29 is 18.3 Å². The molecule has 1 saturated heterocycles. The summed E-state index contributed by atoms with van der Waals surface area (Å²) in [6.45, 7) is 0.721. The Balaban J connectivity index is 1.42. The quantitative estimate of drug-likeness (QED) is 0.467. The lowest BCUT2D eigenvalue weighted by Gasteiger charge is -2.07. The van der Waals surface area contributed by atoms with Crippen LogP contribution in [0.25, 0.3) is 22.3 Å². The number of hydrogen-bond donors (Lipinski definition) is 3. The lowest BCUT2D eigenvalue weighted by atomic mass is 10.1. The summed E-state index contributed by atoms with van der Waals surface area (Å²) >= 11 is 0. The summed E-state index contributed by atoms with van der Waals surface area (Å²) in [5, 5.41) is 9.05. The Morgan fingerprint density at radius 1 is 1.20 bits per heavy atom. The van der Waals surface area contributed by atoms with Gasteiger partial charge in [0.25, 0.3) is 5.91 Å². The number of aromatic nitrogens is 4. The molecule has 1 atom stereocenters. The summed E-state index contributed by atoms with van der Waals surface area (Å²) in [4.78, 5) is 20.6. The maximum atomic E-state index is 14.1. The molecule has 1 fully saturated rings. The Kier molecular flexibility index (Phi) is 4.51. The molecule has 0 spiro atoms. The number of amides is 1. The largest absolute Gasteiger partial charge is 0.370 e. The maximum absolute atomic E-state index is 14.1. The number of halogens is 2. The average molecular weight is 409 g/mol. The van der Waals surface area contributed by atoms with Crippen LogP contribution in [0, 0.1) is 11.6 Å². The molecule has 2 aromatic carbocycles. The minimum absolute atomic E-state index is 0.0219. The van der Waals surface area contributed by atoms with Crippen LogP contribution in [-0.2, 0) is 4.74 Å². The molecule has 9 heteroatoms. The minimum Gasteiger partial charge on any atom is -0.370 e. The second-order valence-electron chi connectivity index (χ2n) is 7.07. The van der Waals surface area contributed by atoms with Crippen molar-refractivity contribution in [2.45, 2.75) is 18.9 Å². The van der Waals surface area contributed by atoms with E-state index in [1.54, 1.807) is 18.2 Å². The highest BCUT2D eigenvalue weighted by Gasteiger charge is 2.23. The molecule has 2 aromatic heterocycles. The predicted octanol–water partition coefficient (Wildman–Crippen LogP) is 4.34. The summed E-state index contributed by atoms with van der Waals surface area (Å²) in [7, 11) is 0. The molecule has 30 heavy (non-hydrogen) atoms. The summed E-state index contributed by atoms with van der Waals surface area (Å²) in [6.07, 6.45) is 3.11. The fourth-order valence-electron chi connectivity index (χ4n) is 3.64. The van der Waals surface area contributed by atoms with Crippen LogP contribution in [0.5, 0.6) is 0 Å². The molecule has 1 amide bonds. The van der Waals surface area contributed by atoms with Gasteiger partial charge in [-0.15, -0.1) is 0 Å². The number of carbonyl (C=O) groups excluding carboxylic acids is 1. The third kappa shape index (κ3) is 3.22. The monoisotopic (exact) mass is 409 g/mol. The number of rotatable bonds is 4. The molecule has 152 valence electrons. The summed E-state index contributed by atoms with van der Waals surface area (Å²) in [6, 6.07) is 8.75. The van der Waals surface area contributed by atoms with Crippen LogP contribution in [-0.4, -0.2) is 32.7 Å². The van der Waals surface area contributed by atoms with Crippen molar-refractivity contribution in [3.05, 3.63) is 65.6 Å². The number of carbonyl (C=O) groups is 1. The first-order chi connectivity index (χ1) is 14.6. The van der Waals surface area contributed by atoms with E-state index in [1.807, 2.05) is 0 Å². The molecule has 1 aliphatic heterocycles. The highest BCUT2D eigenvalue weighted by molar-refractivity contribution is 6.08. The predicted molar refractivity (Wildman–Crippen MR) is 106 cm³/mol. The van der Waals surface area contributed by atoms with Crippen LogP contribution in [0.3, 0.4) is 0 Å². The smallest absolute Gasteiger partial charge is 0.259 e. The van der Waals surface area contributed by atoms with Crippen LogP contribution in [0.15, 0.2) is 42.6 Å². The van der Waals surface area contributed by atoms with E-state index < -0.39 is 17.5 Å². The Hall–Kier alpha value is -3.59. The van der Waals surface area contributed by atoms with E-state index in [1.165, 1.54) is 12.3 Å². The molecular formula is C21H17F2N5O2. The van der Waals surface area contributed by atoms with Gasteiger partial charge in [-0.1, -0.05) is 6.07 Å². The third-order valence-corrected chi connectivity index (χ3v) is 5.09. The summed E-state index contributed by atoms with van der Waals surface area (Å²) in [5.74, 6) is -1.35. The Labute approximate surface area is 169 Å². The number of anilines is 1. The molecular weight excluding hydrogens is 392 g/mol. The Bertz CT molecular complexity index is 1220. The first-order valence-corrected chi connectivity index (χ1v) is 9.50. The number of nitrogens with zero attached hydrogens (tertiary/aromatic N) is 2. The number of benzene rings is 2. The third-order valence-electron chi connectivity index (χ3n) is 5.09. The van der Waals surface area contributed by atoms with Gasteiger partial charge in [0, 0.05) is 12.3 Å². The van der Waals surface area contributed by atoms with E-state index in [0.717, 1.165) is 48.4 Å². The van der Waals surface area contributed by atoms with Gasteiger partial charge in [-0.2, -0.15) is 5.10 Å². The second kappa shape index (κ2) is 7.34. The fraction of sp³-hybridized carbons (Fsp3) is 0.190. The van der Waals surface area contributed by atoms with Crippen LogP contribution in [0.2, 0.25) is 0 Å². The van der Waals surface area contributed by atoms with Gasteiger partial charge >= 0.3 is 0 Å². The van der Waals surface area contributed by atoms with Crippen molar-refractivity contribution >= 4 is 22.6 Å². The maximum Gasteiger partial charge on any atom is 0.259 e. The van der Waals surface area contributed by atoms with Crippen molar-refractivity contribution in [3.63, 3.8) is 0 Å². The molecule has 0 bridgehead atoms. The van der Waals surface area contributed by atoms with Crippen molar-refractivity contribution in [2.75, 3.05) is 11.9 Å². The van der Waals surface area contributed by atoms with Crippen molar-refractivity contribution in [1.82, 2.24) is 20.2 Å². The number of aromatic amines is 2. The topological polar surface area (TPSA) is 95.7 Å². The van der Waals surface area contributed by atoms with Crippen LogP contribution in [0.4, 0.5) is 14.5 Å². The van der Waals surface area contributed by atoms with Gasteiger partial charge < -0.3 is 15.0 Å². The number of H-pyrrole nitrogens is 2. The highest BCUT2D eigenvalue weighted by Crippen LogP contribution is 2.30. The van der Waals surface area contributed by atoms with Gasteiger partial charge in [-0.05, 0) is 43.2 Å². The van der Waals surface area contributed by atoms with Crippen molar-refractivity contribution in [1.29, 1.82) is 0 Å². The van der Waals surface area contributed by atoms with Crippen LogP contribution in [0.1, 0.15) is 35.1 Å². The SMILES string of the molecule is O=C(Nc1ccc2nc(C3CCCO3)[nH]c2c1)c1cn[nH]c1-c1c(F)cccc1F. The van der Waals surface area contributed by atoms with Crippen LogP contribution >= 0.6 is 0 Å². The lowest BCUT2D eigenvalue weighted by molar-refractivity contribution is 0.102. The molecule has 1 unspecified atom stereocenters. The van der Waals surface area contributed by atoms with Gasteiger partial charge in [-0.3, -0.25) is 9.89 Å². The van der Waals surface area contributed by atoms with Gasteiger partial charge in [0.15, 0.2) is 0 Å². The number of ether oxygens (including phenoxy) is 1. The van der Waals surface area contributed by atoms with Gasteiger partial charge in [0.1, 0.15) is 23.6 Å². The van der Waals surface area contributed by atoms with Crippen LogP contribution < -0.4 is 5.32 Å². The zero-order chi connectivity index (χ0) is 20.7. The molecule has 5 rings (SSSR count). The van der Waals surface area contributed by atoms with Gasteiger partial charge in [-0.25, -0.2) is 13.8 Å². The van der Waals surface area contributed by atoms with Crippen molar-refractivity contribution in [2.24, 2.45) is 0 Å². The van der Waals surface area contributed by atoms with Gasteiger partial charge in [0.05, 0.1) is 34.1 Å². The first-order valence-electron chi connectivity index (χ1n) is 9.50. The van der Waals surface area contributed by atoms with E-state index in [4.69, 9.17) is 4.74 Å². The van der Waals surface area contributed by atoms with E-state index in [2.05, 4.69) is 25.5 Å². The van der Waals surface area contributed by atoms with E-state index in [0.29, 0.717) is 5.69 Å². The fourth-order valence-corrected chi connectivity index (χ4v) is 3.64. The van der Waals surface area contributed by atoms with E-state index in [9.17, 15) is 13.6 Å². The molecule has 7 nitrogen and oxygen atoms in total. The molecule has 3 N–H and O–H groups in total. The standard InChI is InChI=1S/C21H17F2N5O2/c22-13-3-1-4-14(23)18(13)19-12(10-24-28-19)21(29)25-11-6-7-15-16(9-11)27-20(26-15)17-5-2-8-30-17/h1,3-4,6-7,9-10,17H,2,5,8H2,(H,24,28)(H,25,29)(H,26,27). The van der Waals surface area contributed by atoms with E-state index >= 15 is 0 Å². The molecule has 1 aliphatic rings. The number of imidazole rings is 1. The summed E-state index contributed by atoms with van der Waals surface area (Å²) in [5.41, 5.74) is 1.71.